The molecule has 3 heterocycles. The van der Waals surface area contributed by atoms with Crippen LogP contribution in [-0.4, -0.2) is 46.7 Å². The monoisotopic (exact) mass is 433 g/mol. The minimum Gasteiger partial charge on any atom is -0.399 e. The fraction of sp³-hybridized carbons (Fsp3) is 0.333. The zero-order valence-corrected chi connectivity index (χ0v) is 18.3. The number of H-pyrrole nitrogens is 1. The first-order chi connectivity index (χ1) is 15.2. The van der Waals surface area contributed by atoms with Gasteiger partial charge >= 0.3 is 0 Å². The van der Waals surface area contributed by atoms with Crippen LogP contribution in [0.1, 0.15) is 30.5 Å². The highest BCUT2D eigenvalue weighted by Gasteiger charge is 2.25. The third-order valence-electron chi connectivity index (χ3n) is 6.13. The molecule has 0 unspecified atom stereocenters. The standard InChI is InChI=1S/C24H27N5OS/c25-17-8-6-16(7-9-17)3-2-12-29-13-10-18(11-14-29)26-24(30)22-15-20-23-19(27-28-20)4-1-5-21(23)31-22/h1,4-9,15,18H,2-3,10-14,25H2,(H,26,30)(H,27,28). The summed E-state index contributed by atoms with van der Waals surface area (Å²) in [4.78, 5) is 17.2. The Bertz CT molecular complexity index is 1110. The van der Waals surface area contributed by atoms with Crippen LogP contribution < -0.4 is 11.1 Å². The highest BCUT2D eigenvalue weighted by molar-refractivity contribution is 8.04. The van der Waals surface area contributed by atoms with Gasteiger partial charge in [-0.25, -0.2) is 0 Å². The van der Waals surface area contributed by atoms with E-state index >= 15 is 0 Å². The van der Waals surface area contributed by atoms with Crippen LogP contribution in [0, 0.1) is 0 Å². The highest BCUT2D eigenvalue weighted by atomic mass is 32.2. The lowest BCUT2D eigenvalue weighted by atomic mass is 10.0. The number of aryl methyl sites for hydroxylation is 1. The number of likely N-dealkylation sites (tertiary alicyclic amines) is 1. The summed E-state index contributed by atoms with van der Waals surface area (Å²) in [6.07, 6.45) is 6.13. The molecule has 3 aromatic rings. The molecular weight excluding hydrogens is 406 g/mol. The molecule has 31 heavy (non-hydrogen) atoms. The second-order valence-electron chi connectivity index (χ2n) is 8.33. The smallest absolute Gasteiger partial charge is 0.258 e. The summed E-state index contributed by atoms with van der Waals surface area (Å²) in [5, 5.41) is 11.7. The third-order valence-corrected chi connectivity index (χ3v) is 7.22. The van der Waals surface area contributed by atoms with Crippen molar-refractivity contribution < 1.29 is 4.79 Å². The van der Waals surface area contributed by atoms with Gasteiger partial charge in [0.25, 0.3) is 5.91 Å². The lowest BCUT2D eigenvalue weighted by Gasteiger charge is -2.32. The van der Waals surface area contributed by atoms with Crippen molar-refractivity contribution in [3.05, 3.63) is 58.6 Å². The molecule has 1 aromatic heterocycles. The minimum atomic E-state index is 0.0176. The van der Waals surface area contributed by atoms with Gasteiger partial charge in [-0.05, 0) is 68.1 Å². The average Bonchev–Trinajstić information content (AvgIpc) is 3.21. The topological polar surface area (TPSA) is 87.0 Å². The Morgan fingerprint density at radius 2 is 2.00 bits per heavy atom. The maximum absolute atomic E-state index is 12.9. The van der Waals surface area contributed by atoms with Crippen molar-refractivity contribution in [2.45, 2.75) is 36.6 Å². The van der Waals surface area contributed by atoms with E-state index in [1.807, 2.05) is 30.3 Å². The molecule has 2 aromatic carbocycles. The average molecular weight is 434 g/mol. The summed E-state index contributed by atoms with van der Waals surface area (Å²) >= 11 is 1.53. The predicted octanol–water partition coefficient (Wildman–Crippen LogP) is 3.81. The van der Waals surface area contributed by atoms with Gasteiger partial charge in [0, 0.05) is 35.1 Å². The molecule has 0 atom stereocenters. The van der Waals surface area contributed by atoms with Gasteiger partial charge in [-0.1, -0.05) is 30.0 Å². The summed E-state index contributed by atoms with van der Waals surface area (Å²) in [5.41, 5.74) is 9.77. The molecule has 1 amide bonds. The number of hydrogen-bond acceptors (Lipinski definition) is 5. The van der Waals surface area contributed by atoms with E-state index in [1.165, 1.54) is 17.3 Å². The van der Waals surface area contributed by atoms with Gasteiger partial charge in [-0.15, -0.1) is 0 Å². The molecule has 0 saturated carbocycles. The number of nitrogens with two attached hydrogens (primary N) is 1. The predicted molar refractivity (Wildman–Crippen MR) is 127 cm³/mol. The van der Waals surface area contributed by atoms with Gasteiger partial charge in [-0.2, -0.15) is 5.10 Å². The van der Waals surface area contributed by atoms with Crippen molar-refractivity contribution in [3.8, 4) is 0 Å². The van der Waals surface area contributed by atoms with Crippen molar-refractivity contribution in [1.29, 1.82) is 0 Å². The van der Waals surface area contributed by atoms with Crippen molar-refractivity contribution >= 4 is 40.3 Å². The van der Waals surface area contributed by atoms with Crippen LogP contribution >= 0.6 is 11.8 Å². The fourth-order valence-electron chi connectivity index (χ4n) is 4.39. The molecule has 6 nitrogen and oxygen atoms in total. The molecule has 0 aliphatic carbocycles. The molecular formula is C24H27N5OS. The molecule has 7 heteroatoms. The van der Waals surface area contributed by atoms with Gasteiger partial charge in [0.1, 0.15) is 0 Å². The lowest BCUT2D eigenvalue weighted by molar-refractivity contribution is -0.117. The van der Waals surface area contributed by atoms with E-state index in [0.717, 1.165) is 77.4 Å². The van der Waals surface area contributed by atoms with E-state index < -0.39 is 0 Å². The van der Waals surface area contributed by atoms with E-state index in [2.05, 4.69) is 38.6 Å². The third kappa shape index (κ3) is 4.48. The molecule has 0 spiro atoms. The normalized spacial score (nSPS) is 17.0. The minimum absolute atomic E-state index is 0.0176. The molecule has 2 aliphatic heterocycles. The van der Waals surface area contributed by atoms with Crippen molar-refractivity contribution in [3.63, 3.8) is 0 Å². The van der Waals surface area contributed by atoms with Crippen molar-refractivity contribution in [1.82, 2.24) is 20.4 Å². The van der Waals surface area contributed by atoms with Crippen LogP contribution in [-0.2, 0) is 11.2 Å². The number of anilines is 1. The zero-order chi connectivity index (χ0) is 21.2. The van der Waals surface area contributed by atoms with Crippen LogP contribution in [0.2, 0.25) is 0 Å². The first kappa shape index (κ1) is 20.2. The van der Waals surface area contributed by atoms with Gasteiger partial charge in [0.2, 0.25) is 0 Å². The van der Waals surface area contributed by atoms with Crippen LogP contribution in [0.15, 0.2) is 52.3 Å². The number of hydrogen-bond donors (Lipinski definition) is 3. The van der Waals surface area contributed by atoms with Crippen LogP contribution in [0.5, 0.6) is 0 Å². The van der Waals surface area contributed by atoms with Crippen LogP contribution in [0.4, 0.5) is 5.69 Å². The van der Waals surface area contributed by atoms with E-state index in [-0.39, 0.29) is 11.9 Å². The SMILES string of the molecule is Nc1ccc(CCCN2CCC(NC(=O)C3=Cc4[nH]nc5cccc(c45)S3)CC2)cc1. The number of amides is 1. The molecule has 0 bridgehead atoms. The summed E-state index contributed by atoms with van der Waals surface area (Å²) in [7, 11) is 0. The Balaban J connectivity index is 1.10. The first-order valence-electron chi connectivity index (χ1n) is 10.9. The second-order valence-corrected chi connectivity index (χ2v) is 9.42. The number of carbonyl (C=O) groups excluding carboxylic acids is 1. The quantitative estimate of drug-likeness (QED) is 0.515. The van der Waals surface area contributed by atoms with Gasteiger partial charge in [0.15, 0.2) is 0 Å². The molecule has 1 saturated heterocycles. The summed E-state index contributed by atoms with van der Waals surface area (Å²) in [6, 6.07) is 14.4. The number of rotatable bonds is 6. The van der Waals surface area contributed by atoms with Gasteiger partial charge < -0.3 is 16.0 Å². The van der Waals surface area contributed by atoms with E-state index in [9.17, 15) is 4.79 Å². The van der Waals surface area contributed by atoms with Gasteiger partial charge in [0.05, 0.1) is 16.1 Å². The molecule has 160 valence electrons. The van der Waals surface area contributed by atoms with E-state index in [4.69, 9.17) is 5.73 Å². The van der Waals surface area contributed by atoms with Crippen molar-refractivity contribution in [2.24, 2.45) is 0 Å². The Hall–Kier alpha value is -2.77. The molecule has 0 radical (unpaired) electrons. The second kappa shape index (κ2) is 8.77. The van der Waals surface area contributed by atoms with Gasteiger partial charge in [-0.3, -0.25) is 9.89 Å². The number of aromatic amines is 1. The van der Waals surface area contributed by atoms with Crippen LogP contribution in [0.25, 0.3) is 17.0 Å². The van der Waals surface area contributed by atoms with E-state index in [0.29, 0.717) is 0 Å². The zero-order valence-electron chi connectivity index (χ0n) is 17.4. The number of piperidine rings is 1. The lowest BCUT2D eigenvalue weighted by Crippen LogP contribution is -2.45. The maximum Gasteiger partial charge on any atom is 0.258 e. The largest absolute Gasteiger partial charge is 0.399 e. The summed E-state index contributed by atoms with van der Waals surface area (Å²) < 4.78 is 0. The van der Waals surface area contributed by atoms with Crippen LogP contribution in [0.3, 0.4) is 0 Å². The molecule has 5 rings (SSSR count). The number of thioether (sulfide) groups is 1. The first-order valence-corrected chi connectivity index (χ1v) is 11.7. The number of nitrogen functional groups attached to an aromatic ring is 1. The number of aromatic nitrogens is 2. The summed E-state index contributed by atoms with van der Waals surface area (Å²) in [5.74, 6) is 0.0176. The molecule has 1 fully saturated rings. The fourth-order valence-corrected chi connectivity index (χ4v) is 5.42. The number of benzene rings is 2. The maximum atomic E-state index is 12.9. The molecule has 4 N–H and O–H groups in total. The van der Waals surface area contributed by atoms with E-state index in [1.54, 1.807) is 0 Å². The Kier molecular flexibility index (Phi) is 5.70. The summed E-state index contributed by atoms with van der Waals surface area (Å²) in [6.45, 7) is 3.16. The van der Waals surface area contributed by atoms with Crippen molar-refractivity contribution in [2.75, 3.05) is 25.4 Å². The highest BCUT2D eigenvalue weighted by Crippen LogP contribution is 2.39. The Morgan fingerprint density at radius 3 is 2.81 bits per heavy atom. The Morgan fingerprint density at radius 1 is 1.19 bits per heavy atom. The number of nitrogens with one attached hydrogen (secondary N) is 2. The molecule has 2 aliphatic rings. The number of carbonyl (C=O) groups is 1. The number of nitrogens with zero attached hydrogens (tertiary/aromatic N) is 2. The Labute approximate surface area is 186 Å².